The van der Waals surface area contributed by atoms with E-state index < -0.39 is 0 Å². The first-order chi connectivity index (χ1) is 8.86. The molecule has 1 aliphatic heterocycles. The normalized spacial score (nSPS) is 22.2. The van der Waals surface area contributed by atoms with Crippen LogP contribution in [0.15, 0.2) is 24.3 Å². The molecule has 0 bridgehead atoms. The Morgan fingerprint density at radius 2 is 2.00 bits per heavy atom. The molecule has 4 heteroatoms. The Morgan fingerprint density at radius 3 is 2.72 bits per heavy atom. The van der Waals surface area contributed by atoms with Crippen LogP contribution in [0.1, 0.15) is 12.8 Å². The number of hydrogen-bond acceptors (Lipinski definition) is 4. The van der Waals surface area contributed by atoms with Crippen LogP contribution in [0, 0.1) is 0 Å². The predicted molar refractivity (Wildman–Crippen MR) is 68.0 cm³/mol. The maximum Gasteiger partial charge on any atom is 0.161 e. The van der Waals surface area contributed by atoms with E-state index in [1.807, 2.05) is 24.3 Å². The molecule has 1 aromatic rings. The van der Waals surface area contributed by atoms with Gasteiger partial charge in [-0.15, -0.1) is 0 Å². The molecule has 1 unspecified atom stereocenters. The minimum Gasteiger partial charge on any atom is -0.486 e. The summed E-state index contributed by atoms with van der Waals surface area (Å²) < 4.78 is 11.6. The second-order valence-corrected chi connectivity index (χ2v) is 4.95. The van der Waals surface area contributed by atoms with Crippen molar-refractivity contribution in [3.05, 3.63) is 24.3 Å². The van der Waals surface area contributed by atoms with Crippen LogP contribution < -0.4 is 9.47 Å². The van der Waals surface area contributed by atoms with Crippen LogP contribution in [0.2, 0.25) is 0 Å². The van der Waals surface area contributed by atoms with E-state index in [-0.39, 0.29) is 12.7 Å². The molecule has 1 N–H and O–H groups in total. The molecule has 4 nitrogen and oxygen atoms in total. The summed E-state index contributed by atoms with van der Waals surface area (Å²) in [5.74, 6) is 1.65. The van der Waals surface area contributed by atoms with Gasteiger partial charge in [0, 0.05) is 19.1 Å². The number of ether oxygens (including phenoxy) is 2. The first-order valence-corrected chi connectivity index (χ1v) is 6.60. The van der Waals surface area contributed by atoms with E-state index in [4.69, 9.17) is 14.6 Å². The lowest BCUT2D eigenvalue weighted by Crippen LogP contribution is -2.43. The topological polar surface area (TPSA) is 41.9 Å². The number of para-hydroxylation sites is 2. The van der Waals surface area contributed by atoms with Crippen molar-refractivity contribution in [3.8, 4) is 11.5 Å². The van der Waals surface area contributed by atoms with Gasteiger partial charge in [0.2, 0.25) is 0 Å². The number of fused-ring (bicyclic) bond motifs is 1. The van der Waals surface area contributed by atoms with Crippen LogP contribution >= 0.6 is 0 Å². The number of nitrogens with zero attached hydrogens (tertiary/aromatic N) is 1. The van der Waals surface area contributed by atoms with Crippen LogP contribution in [0.25, 0.3) is 0 Å². The highest BCUT2D eigenvalue weighted by atomic mass is 16.6. The predicted octanol–water partition coefficient (Wildman–Crippen LogP) is 1.28. The summed E-state index contributed by atoms with van der Waals surface area (Å²) in [5, 5.41) is 9.09. The molecule has 1 aromatic carbocycles. The molecule has 0 aromatic heterocycles. The van der Waals surface area contributed by atoms with Gasteiger partial charge in [-0.1, -0.05) is 12.1 Å². The first kappa shape index (κ1) is 11.8. The molecule has 3 rings (SSSR count). The summed E-state index contributed by atoms with van der Waals surface area (Å²) in [6.45, 7) is 2.36. The fourth-order valence-corrected chi connectivity index (χ4v) is 2.41. The van der Waals surface area contributed by atoms with E-state index in [9.17, 15) is 0 Å². The monoisotopic (exact) mass is 249 g/mol. The van der Waals surface area contributed by atoms with Crippen molar-refractivity contribution in [1.82, 2.24) is 4.90 Å². The van der Waals surface area contributed by atoms with Gasteiger partial charge in [-0.2, -0.15) is 0 Å². The molecule has 18 heavy (non-hydrogen) atoms. The molecule has 1 aliphatic carbocycles. The lowest BCUT2D eigenvalue weighted by Gasteiger charge is -2.31. The Labute approximate surface area is 107 Å². The van der Waals surface area contributed by atoms with E-state index in [1.54, 1.807) is 0 Å². The van der Waals surface area contributed by atoms with Gasteiger partial charge in [0.15, 0.2) is 11.5 Å². The number of aliphatic hydroxyl groups excluding tert-OH is 1. The smallest absolute Gasteiger partial charge is 0.161 e. The Bertz CT molecular complexity index is 406. The molecule has 1 atom stereocenters. The van der Waals surface area contributed by atoms with Crippen molar-refractivity contribution >= 4 is 0 Å². The Balaban J connectivity index is 1.61. The fraction of sp³-hybridized carbons (Fsp3) is 0.571. The molecular weight excluding hydrogens is 230 g/mol. The van der Waals surface area contributed by atoms with Gasteiger partial charge in [0.1, 0.15) is 12.7 Å². The standard InChI is InChI=1S/C14H19NO3/c16-8-7-15(11-5-6-11)9-12-10-17-13-3-1-2-4-14(13)18-12/h1-4,11-12,16H,5-10H2. The highest BCUT2D eigenvalue weighted by Gasteiger charge is 2.32. The zero-order valence-corrected chi connectivity index (χ0v) is 10.4. The van der Waals surface area contributed by atoms with Crippen molar-refractivity contribution in [3.63, 3.8) is 0 Å². The van der Waals surface area contributed by atoms with Gasteiger partial charge < -0.3 is 14.6 Å². The second-order valence-electron chi connectivity index (χ2n) is 4.95. The van der Waals surface area contributed by atoms with Crippen LogP contribution in [-0.2, 0) is 0 Å². The fourth-order valence-electron chi connectivity index (χ4n) is 2.41. The molecule has 2 aliphatic rings. The van der Waals surface area contributed by atoms with E-state index in [2.05, 4.69) is 4.90 Å². The molecule has 1 heterocycles. The second kappa shape index (κ2) is 5.16. The van der Waals surface area contributed by atoms with Crippen LogP contribution in [-0.4, -0.2) is 48.5 Å². The van der Waals surface area contributed by atoms with Crippen LogP contribution in [0.3, 0.4) is 0 Å². The molecule has 1 fully saturated rings. The zero-order chi connectivity index (χ0) is 12.4. The average molecular weight is 249 g/mol. The van der Waals surface area contributed by atoms with E-state index in [0.29, 0.717) is 12.6 Å². The van der Waals surface area contributed by atoms with Crippen molar-refractivity contribution in [2.75, 3.05) is 26.3 Å². The summed E-state index contributed by atoms with van der Waals surface area (Å²) in [7, 11) is 0. The third-order valence-corrected chi connectivity index (χ3v) is 3.46. The maximum atomic E-state index is 9.09. The van der Waals surface area contributed by atoms with Gasteiger partial charge >= 0.3 is 0 Å². The van der Waals surface area contributed by atoms with Gasteiger partial charge in [-0.25, -0.2) is 0 Å². The number of rotatable bonds is 5. The Morgan fingerprint density at radius 1 is 1.22 bits per heavy atom. The van der Waals surface area contributed by atoms with Gasteiger partial charge in [-0.05, 0) is 25.0 Å². The van der Waals surface area contributed by atoms with Gasteiger partial charge in [0.25, 0.3) is 0 Å². The van der Waals surface area contributed by atoms with Crippen molar-refractivity contribution in [2.45, 2.75) is 25.0 Å². The van der Waals surface area contributed by atoms with E-state index >= 15 is 0 Å². The molecule has 0 spiro atoms. The highest BCUT2D eigenvalue weighted by Crippen LogP contribution is 2.32. The summed E-state index contributed by atoms with van der Waals surface area (Å²) >= 11 is 0. The SMILES string of the molecule is OCCN(CC1COc2ccccc2O1)C1CC1. The van der Waals surface area contributed by atoms with Gasteiger partial charge in [0.05, 0.1) is 6.61 Å². The lowest BCUT2D eigenvalue weighted by atomic mass is 10.2. The van der Waals surface area contributed by atoms with Gasteiger partial charge in [-0.3, -0.25) is 4.90 Å². The van der Waals surface area contributed by atoms with E-state index in [0.717, 1.165) is 24.6 Å². The number of aliphatic hydroxyl groups is 1. The minimum atomic E-state index is 0.0621. The molecule has 0 saturated heterocycles. The first-order valence-electron chi connectivity index (χ1n) is 6.60. The van der Waals surface area contributed by atoms with E-state index in [1.165, 1.54) is 12.8 Å². The van der Waals surface area contributed by atoms with Crippen molar-refractivity contribution in [2.24, 2.45) is 0 Å². The number of benzene rings is 1. The zero-order valence-electron chi connectivity index (χ0n) is 10.4. The third-order valence-electron chi connectivity index (χ3n) is 3.46. The molecule has 98 valence electrons. The van der Waals surface area contributed by atoms with Crippen molar-refractivity contribution in [1.29, 1.82) is 0 Å². The summed E-state index contributed by atoms with van der Waals surface area (Å²) in [5.41, 5.74) is 0. The van der Waals surface area contributed by atoms with Crippen LogP contribution in [0.5, 0.6) is 11.5 Å². The quantitative estimate of drug-likeness (QED) is 0.853. The Hall–Kier alpha value is -1.26. The van der Waals surface area contributed by atoms with Crippen molar-refractivity contribution < 1.29 is 14.6 Å². The minimum absolute atomic E-state index is 0.0621. The summed E-state index contributed by atoms with van der Waals surface area (Å²) in [6.07, 6.45) is 2.54. The average Bonchev–Trinajstić information content (AvgIpc) is 3.22. The number of hydrogen-bond donors (Lipinski definition) is 1. The Kier molecular flexibility index (Phi) is 3.39. The van der Waals surface area contributed by atoms with Crippen LogP contribution in [0.4, 0.5) is 0 Å². The summed E-state index contributed by atoms with van der Waals surface area (Å²) in [6, 6.07) is 8.41. The molecule has 0 amide bonds. The molecule has 0 radical (unpaired) electrons. The maximum absolute atomic E-state index is 9.09. The molecule has 1 saturated carbocycles. The highest BCUT2D eigenvalue weighted by molar-refractivity contribution is 5.40. The third kappa shape index (κ3) is 2.60. The molecular formula is C14H19NO3. The largest absolute Gasteiger partial charge is 0.486 e. The summed E-state index contributed by atoms with van der Waals surface area (Å²) in [4.78, 5) is 2.31. The lowest BCUT2D eigenvalue weighted by molar-refractivity contribution is 0.0509.